The first-order chi connectivity index (χ1) is 18.5. The van der Waals surface area contributed by atoms with Gasteiger partial charge >= 0.3 is 5.97 Å². The smallest absolute Gasteiger partial charge is 0.332 e. The van der Waals surface area contributed by atoms with E-state index in [1.807, 2.05) is 50.2 Å². The lowest BCUT2D eigenvalue weighted by atomic mass is 9.83. The number of hydrogen-bond donors (Lipinski definition) is 1. The Balaban J connectivity index is 1.95. The molecule has 4 rings (SSSR count). The monoisotopic (exact) mass is 563 g/mol. The molecule has 1 aliphatic rings. The first-order valence-electron chi connectivity index (χ1n) is 13.9. The van der Waals surface area contributed by atoms with Crippen molar-refractivity contribution in [3.05, 3.63) is 64.7 Å². The van der Waals surface area contributed by atoms with Gasteiger partial charge in [-0.2, -0.15) is 0 Å². The van der Waals surface area contributed by atoms with Gasteiger partial charge in [-0.25, -0.2) is 9.78 Å². The highest BCUT2D eigenvalue weighted by molar-refractivity contribution is 7.18. The van der Waals surface area contributed by atoms with Crippen LogP contribution in [0.15, 0.2) is 48.5 Å². The predicted molar refractivity (Wildman–Crippen MR) is 159 cm³/mol. The third-order valence-corrected chi connectivity index (χ3v) is 8.46. The van der Waals surface area contributed by atoms with Gasteiger partial charge in [0.2, 0.25) is 5.91 Å². The average molecular weight is 564 g/mol. The quantitative estimate of drug-likeness (QED) is 0.349. The Bertz CT molecular complexity index is 1380. The van der Waals surface area contributed by atoms with Crippen LogP contribution in [0.5, 0.6) is 0 Å². The molecule has 2 amide bonds. The number of nitrogens with two attached hydrogens (primary N) is 1. The number of amides is 2. The van der Waals surface area contributed by atoms with E-state index in [2.05, 4.69) is 20.8 Å². The minimum atomic E-state index is -1.40. The van der Waals surface area contributed by atoms with Crippen LogP contribution in [-0.2, 0) is 19.7 Å². The zero-order chi connectivity index (χ0) is 29.6. The minimum Gasteiger partial charge on any atom is -0.458 e. The molecule has 3 aromatic rings. The Morgan fingerprint density at radius 1 is 1.05 bits per heavy atom. The Hall–Kier alpha value is -3.26. The third kappa shape index (κ3) is 5.78. The van der Waals surface area contributed by atoms with Crippen LogP contribution in [0, 0.1) is 11.8 Å². The van der Waals surface area contributed by atoms with Gasteiger partial charge in [-0.3, -0.25) is 9.59 Å². The molecule has 2 heterocycles. The van der Waals surface area contributed by atoms with Crippen molar-refractivity contribution in [1.82, 2.24) is 9.88 Å². The van der Waals surface area contributed by atoms with Crippen molar-refractivity contribution < 1.29 is 19.1 Å². The second-order valence-corrected chi connectivity index (χ2v) is 14.4. The van der Waals surface area contributed by atoms with Crippen LogP contribution in [-0.4, -0.2) is 38.8 Å². The molecule has 2 N–H and O–H groups in total. The number of carbonyl (C=O) groups is 3. The molecule has 214 valence electrons. The number of benzene rings is 2. The van der Waals surface area contributed by atoms with E-state index < -0.39 is 35.0 Å². The molecule has 2 aromatic carbocycles. The minimum absolute atomic E-state index is 0.0220. The van der Waals surface area contributed by atoms with E-state index in [0.717, 1.165) is 15.8 Å². The summed E-state index contributed by atoms with van der Waals surface area (Å²) in [6.45, 7) is 15.7. The van der Waals surface area contributed by atoms with Crippen molar-refractivity contribution in [3.63, 3.8) is 0 Å². The number of ether oxygens (including phenoxy) is 1. The lowest BCUT2D eigenvalue weighted by Gasteiger charge is -2.41. The van der Waals surface area contributed by atoms with Gasteiger partial charge in [0.15, 0.2) is 0 Å². The fourth-order valence-electron chi connectivity index (χ4n) is 5.64. The molecule has 0 bridgehead atoms. The maximum Gasteiger partial charge on any atom is 0.332 e. The number of likely N-dealkylation sites (tertiary alicyclic amines) is 1. The Labute approximate surface area is 241 Å². The molecule has 0 aliphatic carbocycles. The van der Waals surface area contributed by atoms with E-state index in [0.29, 0.717) is 17.0 Å². The van der Waals surface area contributed by atoms with Crippen LogP contribution in [0.25, 0.3) is 10.2 Å². The molecule has 1 aromatic heterocycles. The second kappa shape index (κ2) is 10.6. The summed E-state index contributed by atoms with van der Waals surface area (Å²) in [6, 6.07) is 14.3. The van der Waals surface area contributed by atoms with Gasteiger partial charge in [0.25, 0.3) is 5.91 Å². The lowest BCUT2D eigenvalue weighted by molar-refractivity contribution is -0.168. The summed E-state index contributed by atoms with van der Waals surface area (Å²) in [5.41, 5.74) is 6.02. The van der Waals surface area contributed by atoms with Crippen LogP contribution < -0.4 is 5.73 Å². The Morgan fingerprint density at radius 3 is 2.20 bits per heavy atom. The molecule has 7 nitrogen and oxygen atoms in total. The first-order valence-corrected chi connectivity index (χ1v) is 14.7. The van der Waals surface area contributed by atoms with Crippen LogP contribution in [0.3, 0.4) is 0 Å². The third-order valence-electron chi connectivity index (χ3n) is 7.35. The summed E-state index contributed by atoms with van der Waals surface area (Å²) < 4.78 is 6.91. The summed E-state index contributed by atoms with van der Waals surface area (Å²) in [4.78, 5) is 48.2. The maximum absolute atomic E-state index is 14.6. The topological polar surface area (TPSA) is 103 Å². The molecule has 1 aliphatic heterocycles. The van der Waals surface area contributed by atoms with Gasteiger partial charge in [0.1, 0.15) is 16.1 Å². The fourth-order valence-corrected chi connectivity index (χ4v) is 6.77. The highest BCUT2D eigenvalue weighted by Crippen LogP contribution is 2.52. The molecule has 0 saturated carbocycles. The highest BCUT2D eigenvalue weighted by atomic mass is 32.1. The van der Waals surface area contributed by atoms with Crippen LogP contribution in [0.4, 0.5) is 0 Å². The molecule has 3 atom stereocenters. The maximum atomic E-state index is 14.6. The number of hydrogen-bond acceptors (Lipinski definition) is 6. The molecular formula is C32H41N3O4S. The lowest BCUT2D eigenvalue weighted by Crippen LogP contribution is -2.56. The van der Waals surface area contributed by atoms with Gasteiger partial charge in [-0.1, -0.05) is 58.9 Å². The second-order valence-electron chi connectivity index (χ2n) is 13.3. The van der Waals surface area contributed by atoms with E-state index in [4.69, 9.17) is 15.5 Å². The normalized spacial score (nSPS) is 21.7. The fraction of sp³-hybridized carbons (Fsp3) is 0.500. The first kappa shape index (κ1) is 29.7. The standard InChI is InChI=1S/C32H41N3O4S/c1-19(2)17-32(29(38)39-31(6,7)8)18-22(26(33)36)25(27-34-23-11-9-10-12-24(23)40-27)35(32)28(37)20-13-15-21(16-14-20)30(3,4)5/h9-16,19,22,25H,17-18H2,1-8H3,(H2,33,36)/t22-,25+,32-/m0/s1. The largest absolute Gasteiger partial charge is 0.458 e. The van der Waals surface area contributed by atoms with E-state index in [-0.39, 0.29) is 23.7 Å². The molecule has 0 unspecified atom stereocenters. The van der Waals surface area contributed by atoms with E-state index in [1.54, 1.807) is 37.8 Å². The van der Waals surface area contributed by atoms with Crippen molar-refractivity contribution >= 4 is 39.3 Å². The number of rotatable bonds is 6. The van der Waals surface area contributed by atoms with Gasteiger partial charge in [0.05, 0.1) is 22.2 Å². The van der Waals surface area contributed by atoms with E-state index in [1.165, 1.54) is 11.3 Å². The van der Waals surface area contributed by atoms with E-state index in [9.17, 15) is 14.4 Å². The van der Waals surface area contributed by atoms with Crippen molar-refractivity contribution in [3.8, 4) is 0 Å². The van der Waals surface area contributed by atoms with Crippen molar-refractivity contribution in [2.45, 2.75) is 90.8 Å². The molecule has 40 heavy (non-hydrogen) atoms. The van der Waals surface area contributed by atoms with E-state index >= 15 is 0 Å². The number of para-hydroxylation sites is 1. The molecule has 0 radical (unpaired) electrons. The summed E-state index contributed by atoms with van der Waals surface area (Å²) >= 11 is 1.42. The number of nitrogens with zero attached hydrogens (tertiary/aromatic N) is 2. The number of thiazole rings is 1. The highest BCUT2D eigenvalue weighted by Gasteiger charge is 2.62. The summed E-state index contributed by atoms with van der Waals surface area (Å²) in [5, 5.41) is 0.582. The summed E-state index contributed by atoms with van der Waals surface area (Å²) in [6.07, 6.45) is 0.390. The van der Waals surface area contributed by atoms with Gasteiger partial charge in [-0.15, -0.1) is 11.3 Å². The number of esters is 1. The van der Waals surface area contributed by atoms with Crippen molar-refractivity contribution in [2.24, 2.45) is 17.6 Å². The average Bonchev–Trinajstić information content (AvgIpc) is 3.41. The van der Waals surface area contributed by atoms with Crippen molar-refractivity contribution in [1.29, 1.82) is 0 Å². The summed E-state index contributed by atoms with van der Waals surface area (Å²) in [5.74, 6) is -2.24. The zero-order valence-electron chi connectivity index (χ0n) is 24.8. The summed E-state index contributed by atoms with van der Waals surface area (Å²) in [7, 11) is 0. The zero-order valence-corrected chi connectivity index (χ0v) is 25.6. The number of aromatic nitrogens is 1. The number of primary amides is 1. The number of carbonyl (C=O) groups excluding carboxylic acids is 3. The van der Waals surface area contributed by atoms with Crippen LogP contribution in [0.1, 0.15) is 95.2 Å². The van der Waals surface area contributed by atoms with Gasteiger partial charge < -0.3 is 15.4 Å². The van der Waals surface area contributed by atoms with Gasteiger partial charge in [-0.05, 0) is 74.8 Å². The number of fused-ring (bicyclic) bond motifs is 1. The Kier molecular flexibility index (Phi) is 7.89. The van der Waals surface area contributed by atoms with Crippen LogP contribution in [0.2, 0.25) is 0 Å². The molecule has 0 spiro atoms. The molecule has 8 heteroatoms. The van der Waals surface area contributed by atoms with Crippen molar-refractivity contribution in [2.75, 3.05) is 0 Å². The van der Waals surface area contributed by atoms with Crippen LogP contribution >= 0.6 is 11.3 Å². The van der Waals surface area contributed by atoms with Gasteiger partial charge in [0, 0.05) is 5.56 Å². The SMILES string of the molecule is CC(C)C[C@@]1(C(=O)OC(C)(C)C)C[C@H](C(N)=O)[C@H](c2nc3ccccc3s2)N1C(=O)c1ccc(C(C)(C)C)cc1. The Morgan fingerprint density at radius 2 is 1.68 bits per heavy atom. The molecule has 1 saturated heterocycles. The predicted octanol–water partition coefficient (Wildman–Crippen LogP) is 6.41. The molecular weight excluding hydrogens is 522 g/mol. The molecule has 1 fully saturated rings.